The van der Waals surface area contributed by atoms with E-state index in [9.17, 15) is 8.78 Å². The third kappa shape index (κ3) is 3.24. The third-order valence-corrected chi connectivity index (χ3v) is 7.55. The summed E-state index contributed by atoms with van der Waals surface area (Å²) in [6.45, 7) is 2.90. The molecule has 31 heavy (non-hydrogen) atoms. The fraction of sp³-hybridized carbons (Fsp3) is 0.667. The first kappa shape index (κ1) is 19.8. The lowest BCUT2D eigenvalue weighted by molar-refractivity contribution is -0.0228. The number of piperidine rings is 1. The summed E-state index contributed by atoms with van der Waals surface area (Å²) in [7, 11) is 0. The van der Waals surface area contributed by atoms with Crippen LogP contribution in [0.4, 0.5) is 14.6 Å². The molecule has 0 aliphatic carbocycles. The van der Waals surface area contributed by atoms with E-state index in [1.165, 1.54) is 6.20 Å². The van der Waals surface area contributed by atoms with E-state index in [-0.39, 0.29) is 41.0 Å². The average Bonchev–Trinajstić information content (AvgIpc) is 3.31. The van der Waals surface area contributed by atoms with Crippen LogP contribution in [-0.4, -0.2) is 76.6 Å². The van der Waals surface area contributed by atoms with Gasteiger partial charge in [0, 0.05) is 25.7 Å². The topological polar surface area (TPSA) is 63.6 Å². The van der Waals surface area contributed by atoms with E-state index >= 15 is 0 Å². The molecule has 0 N–H and O–H groups in total. The van der Waals surface area contributed by atoms with E-state index in [1.54, 1.807) is 0 Å². The highest BCUT2D eigenvalue weighted by Crippen LogP contribution is 2.41. The fourth-order valence-electron chi connectivity index (χ4n) is 5.74. The minimum Gasteiger partial charge on any atom is -0.461 e. The van der Waals surface area contributed by atoms with Gasteiger partial charge < -0.3 is 14.4 Å². The number of morpholine rings is 1. The molecule has 5 fully saturated rings. The highest BCUT2D eigenvalue weighted by atomic mass is 35.5. The van der Waals surface area contributed by atoms with Gasteiger partial charge in [-0.3, -0.25) is 4.90 Å². The zero-order valence-electron chi connectivity index (χ0n) is 17.1. The number of rotatable bonds is 4. The molecule has 4 atom stereocenters. The number of halogens is 3. The largest absolute Gasteiger partial charge is 0.461 e. The summed E-state index contributed by atoms with van der Waals surface area (Å²) >= 11 is 5.94. The Labute approximate surface area is 183 Å². The maximum absolute atomic E-state index is 14.9. The second-order valence-corrected chi connectivity index (χ2v) is 9.52. The number of pyridine rings is 1. The summed E-state index contributed by atoms with van der Waals surface area (Å²) in [5.74, 6) is -0.0898. The van der Waals surface area contributed by atoms with Gasteiger partial charge >= 0.3 is 6.01 Å². The van der Waals surface area contributed by atoms with Crippen molar-refractivity contribution in [3.05, 3.63) is 17.2 Å². The fourth-order valence-corrected chi connectivity index (χ4v) is 5.88. The number of alkyl halides is 1. The molecule has 7 heterocycles. The Morgan fingerprint density at radius 3 is 2.97 bits per heavy atom. The molecule has 0 spiro atoms. The van der Waals surface area contributed by atoms with Gasteiger partial charge in [0.1, 0.15) is 24.1 Å². The minimum absolute atomic E-state index is 0.0922. The number of aromatic nitrogens is 3. The van der Waals surface area contributed by atoms with Crippen LogP contribution in [0.5, 0.6) is 6.01 Å². The Hall–Kier alpha value is -1.84. The molecule has 2 aromatic heterocycles. The van der Waals surface area contributed by atoms with Crippen molar-refractivity contribution >= 4 is 28.3 Å². The van der Waals surface area contributed by atoms with E-state index in [0.717, 1.165) is 32.2 Å². The number of ether oxygens (including phenoxy) is 2. The molecule has 7 rings (SSSR count). The zero-order chi connectivity index (χ0) is 21.2. The van der Waals surface area contributed by atoms with E-state index < -0.39 is 12.0 Å². The summed E-state index contributed by atoms with van der Waals surface area (Å²) in [5, 5.41) is 0.273. The number of nitrogens with zero attached hydrogens (tertiary/aromatic N) is 5. The highest BCUT2D eigenvalue weighted by molar-refractivity contribution is 6.30. The third-order valence-electron chi connectivity index (χ3n) is 7.29. The smallest absolute Gasteiger partial charge is 0.319 e. The van der Waals surface area contributed by atoms with Gasteiger partial charge in [0.15, 0.2) is 11.0 Å². The SMILES string of the molecule is Fc1c(Cl)ncc2c(N3CC4CCC3CO4)nc(OC[C@@]34CCCN3C[C@H](F)C4)nc12. The van der Waals surface area contributed by atoms with Crippen molar-refractivity contribution in [1.29, 1.82) is 0 Å². The number of hydrogen-bond donors (Lipinski definition) is 0. The second kappa shape index (κ2) is 7.35. The average molecular weight is 452 g/mol. The Kier molecular flexibility index (Phi) is 4.70. The molecule has 166 valence electrons. The molecular formula is C21H24ClF2N5O2. The van der Waals surface area contributed by atoms with Gasteiger partial charge in [-0.1, -0.05) is 11.6 Å². The monoisotopic (exact) mass is 451 g/mol. The molecule has 2 bridgehead atoms. The molecule has 0 radical (unpaired) electrons. The normalized spacial score (nSPS) is 32.7. The molecule has 0 saturated carbocycles. The minimum atomic E-state index is -0.844. The van der Waals surface area contributed by atoms with Gasteiger partial charge in [0.25, 0.3) is 0 Å². The standard InChI is InChI=1S/C21H24ClF2N5O2/c22-18-16(24)17-15(7-25-18)19(29-9-14-3-2-13(29)10-30-14)27-20(26-17)31-11-21-4-1-5-28(21)8-12(23)6-21/h7,12-14H,1-6,8-11H2/t12-,13?,14?,21+/m1/s1. The Morgan fingerprint density at radius 2 is 2.19 bits per heavy atom. The van der Waals surface area contributed by atoms with Crippen LogP contribution in [0.25, 0.3) is 10.9 Å². The molecular weight excluding hydrogens is 428 g/mol. The van der Waals surface area contributed by atoms with Crippen molar-refractivity contribution < 1.29 is 18.3 Å². The molecule has 5 saturated heterocycles. The summed E-state index contributed by atoms with van der Waals surface area (Å²) in [6.07, 6.45) is 5.16. The molecule has 2 aromatic rings. The van der Waals surface area contributed by atoms with Crippen LogP contribution in [0.15, 0.2) is 6.20 Å². The second-order valence-electron chi connectivity index (χ2n) is 9.16. The molecule has 10 heteroatoms. The van der Waals surface area contributed by atoms with Crippen LogP contribution in [0.2, 0.25) is 5.15 Å². The number of fused-ring (bicyclic) bond motifs is 5. The van der Waals surface area contributed by atoms with E-state index in [2.05, 4.69) is 24.8 Å². The first-order valence-corrected chi connectivity index (χ1v) is 11.3. The molecule has 0 aromatic carbocycles. The van der Waals surface area contributed by atoms with Crippen molar-refractivity contribution in [2.45, 2.75) is 56.0 Å². The first-order chi connectivity index (χ1) is 15.0. The predicted octanol–water partition coefficient (Wildman–Crippen LogP) is 3.14. The zero-order valence-corrected chi connectivity index (χ0v) is 17.8. The highest BCUT2D eigenvalue weighted by Gasteiger charge is 2.49. The van der Waals surface area contributed by atoms with Gasteiger partial charge in [-0.25, -0.2) is 13.8 Å². The van der Waals surface area contributed by atoms with Crippen molar-refractivity contribution in [1.82, 2.24) is 19.9 Å². The number of anilines is 1. The van der Waals surface area contributed by atoms with Crippen LogP contribution in [0.1, 0.15) is 32.1 Å². The molecule has 5 aliphatic rings. The lowest BCUT2D eigenvalue weighted by Crippen LogP contribution is -2.55. The van der Waals surface area contributed by atoms with Gasteiger partial charge in [0.2, 0.25) is 0 Å². The van der Waals surface area contributed by atoms with E-state index in [1.807, 2.05) is 0 Å². The maximum Gasteiger partial charge on any atom is 0.319 e. The van der Waals surface area contributed by atoms with Crippen molar-refractivity contribution in [3.8, 4) is 6.01 Å². The Bertz CT molecular complexity index is 1020. The van der Waals surface area contributed by atoms with Gasteiger partial charge in [-0.05, 0) is 32.2 Å². The van der Waals surface area contributed by atoms with Crippen LogP contribution in [0, 0.1) is 5.82 Å². The lowest BCUT2D eigenvalue weighted by Gasteiger charge is -2.45. The Balaban J connectivity index is 1.37. The quantitative estimate of drug-likeness (QED) is 0.662. The van der Waals surface area contributed by atoms with Crippen molar-refractivity contribution in [2.24, 2.45) is 0 Å². The molecule has 0 amide bonds. The molecule has 7 nitrogen and oxygen atoms in total. The van der Waals surface area contributed by atoms with Crippen molar-refractivity contribution in [2.75, 3.05) is 37.7 Å². The Morgan fingerprint density at radius 1 is 1.29 bits per heavy atom. The first-order valence-electron chi connectivity index (χ1n) is 10.9. The van der Waals surface area contributed by atoms with Crippen LogP contribution in [-0.2, 0) is 4.74 Å². The van der Waals surface area contributed by atoms with Crippen LogP contribution < -0.4 is 9.64 Å². The maximum atomic E-state index is 14.9. The van der Waals surface area contributed by atoms with Crippen LogP contribution >= 0.6 is 11.6 Å². The summed E-state index contributed by atoms with van der Waals surface area (Å²) in [6, 6.07) is 0.260. The van der Waals surface area contributed by atoms with Crippen molar-refractivity contribution in [3.63, 3.8) is 0 Å². The number of hydrogen-bond acceptors (Lipinski definition) is 7. The van der Waals surface area contributed by atoms with Crippen LogP contribution in [0.3, 0.4) is 0 Å². The summed E-state index contributed by atoms with van der Waals surface area (Å²) < 4.78 is 40.8. The predicted molar refractivity (Wildman–Crippen MR) is 111 cm³/mol. The van der Waals surface area contributed by atoms with Gasteiger partial charge in [0.05, 0.1) is 29.7 Å². The van der Waals surface area contributed by atoms with Gasteiger partial charge in [-0.15, -0.1) is 0 Å². The molecule has 5 aliphatic heterocycles. The van der Waals surface area contributed by atoms with Gasteiger partial charge in [-0.2, -0.15) is 9.97 Å². The van der Waals surface area contributed by atoms with E-state index in [4.69, 9.17) is 21.1 Å². The molecule has 2 unspecified atom stereocenters. The lowest BCUT2D eigenvalue weighted by atomic mass is 9.95. The van der Waals surface area contributed by atoms with E-state index in [0.29, 0.717) is 37.3 Å². The summed E-state index contributed by atoms with van der Waals surface area (Å²) in [5.41, 5.74) is -0.234. The summed E-state index contributed by atoms with van der Waals surface area (Å²) in [4.78, 5) is 17.3.